The molecule has 4 heterocycles. The number of hydrogen-bond donors (Lipinski definition) is 1. The van der Waals surface area contributed by atoms with E-state index in [-0.39, 0.29) is 4.90 Å². The Labute approximate surface area is 182 Å². The lowest BCUT2D eigenvalue weighted by atomic mass is 10.1. The summed E-state index contributed by atoms with van der Waals surface area (Å²) in [5.41, 5.74) is 4.95. The minimum Gasteiger partial charge on any atom is -0.277 e. The van der Waals surface area contributed by atoms with Crippen molar-refractivity contribution in [1.82, 2.24) is 29.1 Å². The SMILES string of the molecule is Cc1ccc(S(=O)(=O)n2ccc3c4[nH]ncc4c(-c4ccc5nccnc5c4)nc32)cc1. The maximum atomic E-state index is 13.4. The Morgan fingerprint density at radius 1 is 0.906 bits per heavy atom. The molecule has 0 radical (unpaired) electrons. The fourth-order valence-corrected chi connectivity index (χ4v) is 5.19. The predicted octanol–water partition coefficient (Wildman–Crippen LogP) is 4.07. The van der Waals surface area contributed by atoms with Gasteiger partial charge in [-0.15, -0.1) is 0 Å². The summed E-state index contributed by atoms with van der Waals surface area (Å²) in [4.78, 5) is 13.7. The van der Waals surface area contributed by atoms with Gasteiger partial charge in [0.2, 0.25) is 0 Å². The minimum absolute atomic E-state index is 0.203. The van der Waals surface area contributed by atoms with E-state index in [0.29, 0.717) is 16.7 Å². The molecular formula is C23H16N6O2S. The van der Waals surface area contributed by atoms with Gasteiger partial charge in [0.15, 0.2) is 5.65 Å². The van der Waals surface area contributed by atoms with Gasteiger partial charge in [-0.1, -0.05) is 23.8 Å². The summed E-state index contributed by atoms with van der Waals surface area (Å²) < 4.78 is 28.0. The first kappa shape index (κ1) is 18.6. The monoisotopic (exact) mass is 440 g/mol. The average Bonchev–Trinajstić information content (AvgIpc) is 3.46. The van der Waals surface area contributed by atoms with Crippen molar-refractivity contribution in [2.24, 2.45) is 0 Å². The van der Waals surface area contributed by atoms with E-state index in [2.05, 4.69) is 20.2 Å². The van der Waals surface area contributed by atoms with Gasteiger partial charge in [-0.05, 0) is 37.3 Å². The number of aryl methyl sites for hydroxylation is 1. The summed E-state index contributed by atoms with van der Waals surface area (Å²) in [6.07, 6.45) is 6.51. The standard InChI is InChI=1S/C23H16N6O2S/c1-14-2-5-16(6-3-14)32(30,31)29-11-8-17-22-18(13-26-28-22)21(27-23(17)29)15-4-7-19-20(12-15)25-10-9-24-19/h2-13H,1H3,(H,26,28). The molecule has 0 atom stereocenters. The molecule has 1 N–H and O–H groups in total. The van der Waals surface area contributed by atoms with E-state index >= 15 is 0 Å². The van der Waals surface area contributed by atoms with Crippen LogP contribution in [0.4, 0.5) is 0 Å². The van der Waals surface area contributed by atoms with Crippen LogP contribution in [0, 0.1) is 6.92 Å². The molecule has 0 bridgehead atoms. The first-order chi connectivity index (χ1) is 15.5. The Bertz CT molecular complexity index is 1750. The van der Waals surface area contributed by atoms with E-state index in [4.69, 9.17) is 4.98 Å². The lowest BCUT2D eigenvalue weighted by Gasteiger charge is -2.10. The van der Waals surface area contributed by atoms with E-state index in [1.54, 1.807) is 48.9 Å². The van der Waals surface area contributed by atoms with Crippen LogP contribution in [-0.2, 0) is 10.0 Å². The first-order valence-corrected chi connectivity index (χ1v) is 11.3. The number of nitrogens with zero attached hydrogens (tertiary/aromatic N) is 5. The van der Waals surface area contributed by atoms with E-state index in [0.717, 1.165) is 33.1 Å². The quantitative estimate of drug-likeness (QED) is 0.445. The van der Waals surface area contributed by atoms with Gasteiger partial charge < -0.3 is 0 Å². The highest BCUT2D eigenvalue weighted by Crippen LogP contribution is 2.33. The Balaban J connectivity index is 1.63. The van der Waals surface area contributed by atoms with Gasteiger partial charge in [0.25, 0.3) is 10.0 Å². The van der Waals surface area contributed by atoms with Crippen LogP contribution in [0.3, 0.4) is 0 Å². The largest absolute Gasteiger partial charge is 0.277 e. The molecule has 2 aromatic carbocycles. The van der Waals surface area contributed by atoms with E-state index in [1.165, 1.54) is 10.2 Å². The van der Waals surface area contributed by atoms with E-state index in [1.807, 2.05) is 25.1 Å². The van der Waals surface area contributed by atoms with Crippen LogP contribution >= 0.6 is 0 Å². The molecule has 0 aliphatic heterocycles. The van der Waals surface area contributed by atoms with Crippen molar-refractivity contribution in [1.29, 1.82) is 0 Å². The number of fused-ring (bicyclic) bond motifs is 4. The lowest BCUT2D eigenvalue weighted by molar-refractivity contribution is 0.589. The molecule has 4 aromatic heterocycles. The molecule has 0 aliphatic carbocycles. The molecule has 8 nitrogen and oxygen atoms in total. The number of aromatic amines is 1. The van der Waals surface area contributed by atoms with Crippen LogP contribution in [0.5, 0.6) is 0 Å². The summed E-state index contributed by atoms with van der Waals surface area (Å²) in [5.74, 6) is 0. The van der Waals surface area contributed by atoms with Gasteiger partial charge in [0.05, 0.1) is 33.3 Å². The van der Waals surface area contributed by atoms with Crippen LogP contribution in [0.15, 0.2) is 78.2 Å². The molecule has 6 rings (SSSR count). The number of pyridine rings is 1. The van der Waals surface area contributed by atoms with Crippen LogP contribution in [0.1, 0.15) is 5.56 Å². The Morgan fingerprint density at radius 3 is 2.50 bits per heavy atom. The van der Waals surface area contributed by atoms with Crippen molar-refractivity contribution in [2.45, 2.75) is 11.8 Å². The number of nitrogens with one attached hydrogen (secondary N) is 1. The fraction of sp³-hybridized carbons (Fsp3) is 0.0435. The number of rotatable bonds is 3. The Kier molecular flexibility index (Phi) is 3.90. The molecule has 0 unspecified atom stereocenters. The fourth-order valence-electron chi connectivity index (χ4n) is 3.90. The molecule has 0 aliphatic rings. The third-order valence-corrected chi connectivity index (χ3v) is 7.21. The lowest BCUT2D eigenvalue weighted by Crippen LogP contribution is -2.12. The van der Waals surface area contributed by atoms with Crippen molar-refractivity contribution in [2.75, 3.05) is 0 Å². The maximum absolute atomic E-state index is 13.4. The van der Waals surface area contributed by atoms with Gasteiger partial charge in [0.1, 0.15) is 0 Å². The second kappa shape index (κ2) is 6.69. The molecule has 156 valence electrons. The zero-order chi connectivity index (χ0) is 21.9. The number of H-pyrrole nitrogens is 1. The highest BCUT2D eigenvalue weighted by atomic mass is 32.2. The minimum atomic E-state index is -3.83. The normalized spacial score (nSPS) is 12.2. The molecule has 0 saturated heterocycles. The van der Waals surface area contributed by atoms with Crippen LogP contribution < -0.4 is 0 Å². The topological polar surface area (TPSA) is 106 Å². The summed E-state index contributed by atoms with van der Waals surface area (Å²) in [7, 11) is -3.83. The predicted molar refractivity (Wildman–Crippen MR) is 122 cm³/mol. The third-order valence-electron chi connectivity index (χ3n) is 5.53. The molecule has 32 heavy (non-hydrogen) atoms. The molecule has 0 saturated carbocycles. The van der Waals surface area contributed by atoms with Crippen LogP contribution in [-0.4, -0.2) is 37.5 Å². The molecular weight excluding hydrogens is 424 g/mol. The Hall–Kier alpha value is -4.11. The van der Waals surface area contributed by atoms with Crippen LogP contribution in [0.2, 0.25) is 0 Å². The Morgan fingerprint density at radius 2 is 1.69 bits per heavy atom. The van der Waals surface area contributed by atoms with Crippen molar-refractivity contribution in [3.05, 3.63) is 78.9 Å². The zero-order valence-electron chi connectivity index (χ0n) is 16.9. The average molecular weight is 440 g/mol. The first-order valence-electron chi connectivity index (χ1n) is 9.90. The number of hydrogen-bond acceptors (Lipinski definition) is 6. The summed E-state index contributed by atoms with van der Waals surface area (Å²) in [6.45, 7) is 1.91. The second-order valence-electron chi connectivity index (χ2n) is 7.55. The van der Waals surface area contributed by atoms with Crippen molar-refractivity contribution in [3.63, 3.8) is 0 Å². The number of aromatic nitrogens is 6. The van der Waals surface area contributed by atoms with Crippen molar-refractivity contribution >= 4 is 43.0 Å². The number of benzene rings is 2. The van der Waals surface area contributed by atoms with E-state index < -0.39 is 10.0 Å². The second-order valence-corrected chi connectivity index (χ2v) is 9.36. The van der Waals surface area contributed by atoms with Gasteiger partial charge in [-0.25, -0.2) is 17.4 Å². The summed E-state index contributed by atoms with van der Waals surface area (Å²) in [5, 5.41) is 8.66. The van der Waals surface area contributed by atoms with E-state index in [9.17, 15) is 8.42 Å². The molecule has 0 amide bonds. The molecule has 9 heteroatoms. The van der Waals surface area contributed by atoms with Crippen molar-refractivity contribution in [3.8, 4) is 11.3 Å². The summed E-state index contributed by atoms with van der Waals surface area (Å²) >= 11 is 0. The molecule has 6 aromatic rings. The smallest absolute Gasteiger partial charge is 0.269 e. The highest BCUT2D eigenvalue weighted by Gasteiger charge is 2.22. The summed E-state index contributed by atoms with van der Waals surface area (Å²) in [6, 6.07) is 14.2. The van der Waals surface area contributed by atoms with Gasteiger partial charge in [0, 0.05) is 34.9 Å². The van der Waals surface area contributed by atoms with Crippen molar-refractivity contribution < 1.29 is 8.42 Å². The van der Waals surface area contributed by atoms with Gasteiger partial charge in [-0.2, -0.15) is 5.10 Å². The maximum Gasteiger partial charge on any atom is 0.269 e. The van der Waals surface area contributed by atoms with Crippen LogP contribution in [0.25, 0.3) is 44.2 Å². The highest BCUT2D eigenvalue weighted by molar-refractivity contribution is 7.90. The third kappa shape index (κ3) is 2.71. The van der Waals surface area contributed by atoms with Gasteiger partial charge in [-0.3, -0.25) is 15.1 Å². The zero-order valence-corrected chi connectivity index (χ0v) is 17.7. The van der Waals surface area contributed by atoms with Gasteiger partial charge >= 0.3 is 0 Å². The molecule has 0 spiro atoms. The molecule has 0 fully saturated rings.